The summed E-state index contributed by atoms with van der Waals surface area (Å²) in [7, 11) is 0. The van der Waals surface area contributed by atoms with E-state index >= 15 is 0 Å². The number of pyridine rings is 1. The number of amides is 1. The first-order chi connectivity index (χ1) is 12.5. The Bertz CT molecular complexity index is 855. The molecule has 0 aliphatic heterocycles. The quantitative estimate of drug-likeness (QED) is 0.635. The van der Waals surface area contributed by atoms with E-state index in [4.69, 9.17) is 0 Å². The zero-order chi connectivity index (χ0) is 18.5. The predicted octanol–water partition coefficient (Wildman–Crippen LogP) is -0.180. The third kappa shape index (κ3) is 4.66. The molecule has 3 N–H and O–H groups in total. The highest BCUT2D eigenvalue weighted by Gasteiger charge is 2.34. The number of hydrogen-bond donors (Lipinski definition) is 3. The third-order valence-corrected chi connectivity index (χ3v) is 4.75. The van der Waals surface area contributed by atoms with Crippen LogP contribution in [0.5, 0.6) is 0 Å². The van der Waals surface area contributed by atoms with Crippen molar-refractivity contribution < 1.29 is 9.90 Å². The van der Waals surface area contributed by atoms with Crippen molar-refractivity contribution in [1.29, 1.82) is 0 Å². The smallest absolute Gasteiger partial charge is 0.328 e. The first-order valence-corrected chi connectivity index (χ1v) is 8.67. The van der Waals surface area contributed by atoms with Crippen LogP contribution in [-0.2, 0) is 17.8 Å². The maximum absolute atomic E-state index is 12.3. The van der Waals surface area contributed by atoms with Gasteiger partial charge in [-0.2, -0.15) is 0 Å². The third-order valence-electron chi connectivity index (χ3n) is 4.75. The molecule has 1 aliphatic carbocycles. The van der Waals surface area contributed by atoms with Crippen molar-refractivity contribution in [1.82, 2.24) is 19.9 Å². The van der Waals surface area contributed by atoms with Crippen LogP contribution in [0.3, 0.4) is 0 Å². The van der Waals surface area contributed by atoms with Gasteiger partial charge in [0.2, 0.25) is 5.91 Å². The highest BCUT2D eigenvalue weighted by molar-refractivity contribution is 5.76. The van der Waals surface area contributed by atoms with Gasteiger partial charge in [-0.05, 0) is 42.9 Å². The summed E-state index contributed by atoms with van der Waals surface area (Å²) in [5, 5.41) is 12.6. The molecule has 26 heavy (non-hydrogen) atoms. The van der Waals surface area contributed by atoms with E-state index in [1.165, 1.54) is 16.8 Å². The van der Waals surface area contributed by atoms with Crippen molar-refractivity contribution >= 4 is 5.91 Å². The van der Waals surface area contributed by atoms with Gasteiger partial charge in [-0.25, -0.2) is 4.79 Å². The van der Waals surface area contributed by atoms with Gasteiger partial charge in [0.05, 0.1) is 6.10 Å². The molecule has 0 saturated heterocycles. The summed E-state index contributed by atoms with van der Waals surface area (Å²) in [6.45, 7) is 0.191. The van der Waals surface area contributed by atoms with Crippen LogP contribution < -0.4 is 16.6 Å². The number of rotatable bonds is 7. The molecule has 2 aromatic rings. The lowest BCUT2D eigenvalue weighted by Gasteiger charge is -2.38. The van der Waals surface area contributed by atoms with Crippen LogP contribution in [0.1, 0.15) is 24.8 Å². The maximum atomic E-state index is 12.3. The second-order valence-electron chi connectivity index (χ2n) is 6.67. The Hall–Kier alpha value is -2.74. The van der Waals surface area contributed by atoms with Gasteiger partial charge in [-0.15, -0.1) is 0 Å². The fraction of sp³-hybridized carbons (Fsp3) is 0.444. The van der Waals surface area contributed by atoms with Gasteiger partial charge in [0.25, 0.3) is 5.56 Å². The van der Waals surface area contributed by atoms with Gasteiger partial charge in [0.15, 0.2) is 0 Å². The number of aliphatic hydroxyl groups excluding tert-OH is 1. The van der Waals surface area contributed by atoms with Crippen molar-refractivity contribution in [3.8, 4) is 0 Å². The average Bonchev–Trinajstić information content (AvgIpc) is 2.58. The molecule has 0 aromatic carbocycles. The standard InChI is InChI=1S/C18H22N4O4/c23-14-10-13(11-14)15(9-12-1-5-19-6-2-12)20-16(24)3-7-22-8-4-17(25)21-18(22)26/h1-2,4-6,8,13-15,23H,3,7,9-11H2,(H,20,24)(H,21,25,26). The van der Waals surface area contributed by atoms with Crippen molar-refractivity contribution in [3.63, 3.8) is 0 Å². The summed E-state index contributed by atoms with van der Waals surface area (Å²) < 4.78 is 1.30. The van der Waals surface area contributed by atoms with Crippen LogP contribution >= 0.6 is 0 Å². The fourth-order valence-corrected chi connectivity index (χ4v) is 3.19. The summed E-state index contributed by atoms with van der Waals surface area (Å²) in [4.78, 5) is 41.2. The monoisotopic (exact) mass is 358 g/mol. The van der Waals surface area contributed by atoms with Gasteiger partial charge in [0, 0.05) is 43.7 Å². The number of H-pyrrole nitrogens is 1. The largest absolute Gasteiger partial charge is 0.393 e. The first-order valence-electron chi connectivity index (χ1n) is 8.67. The van der Waals surface area contributed by atoms with E-state index in [2.05, 4.69) is 15.3 Å². The molecule has 138 valence electrons. The molecule has 1 amide bonds. The Balaban J connectivity index is 1.59. The van der Waals surface area contributed by atoms with Crippen molar-refractivity contribution in [3.05, 3.63) is 63.2 Å². The molecule has 0 radical (unpaired) electrons. The van der Waals surface area contributed by atoms with Gasteiger partial charge in [-0.3, -0.25) is 19.6 Å². The lowest BCUT2D eigenvalue weighted by Crippen LogP contribution is -2.48. The number of hydrogen-bond acceptors (Lipinski definition) is 5. The summed E-state index contributed by atoms with van der Waals surface area (Å²) >= 11 is 0. The van der Waals surface area contributed by atoms with Crippen LogP contribution in [0.4, 0.5) is 0 Å². The van der Waals surface area contributed by atoms with E-state index in [0.717, 1.165) is 5.56 Å². The Kier molecular flexibility index (Phi) is 5.62. The summed E-state index contributed by atoms with van der Waals surface area (Å²) in [6.07, 6.45) is 6.67. The van der Waals surface area contributed by atoms with E-state index in [1.54, 1.807) is 12.4 Å². The number of nitrogens with zero attached hydrogens (tertiary/aromatic N) is 2. The minimum absolute atomic E-state index is 0.0689. The Morgan fingerprint density at radius 3 is 2.69 bits per heavy atom. The normalized spacial score (nSPS) is 20.2. The average molecular weight is 358 g/mol. The van der Waals surface area contributed by atoms with E-state index in [0.29, 0.717) is 19.3 Å². The lowest BCUT2D eigenvalue weighted by atomic mass is 9.75. The highest BCUT2D eigenvalue weighted by Crippen LogP contribution is 2.31. The summed E-state index contributed by atoms with van der Waals surface area (Å²) in [6, 6.07) is 5.00. The van der Waals surface area contributed by atoms with Crippen LogP contribution in [0.15, 0.2) is 46.4 Å². The molecular formula is C18H22N4O4. The number of aliphatic hydroxyl groups is 1. The summed E-state index contributed by atoms with van der Waals surface area (Å²) in [5.41, 5.74) is 0.0842. The molecule has 2 heterocycles. The van der Waals surface area contributed by atoms with Gasteiger partial charge >= 0.3 is 5.69 Å². The summed E-state index contributed by atoms with van der Waals surface area (Å²) in [5.74, 6) is 0.0708. The second kappa shape index (κ2) is 8.09. The minimum atomic E-state index is -0.527. The Labute approximate surface area is 149 Å². The van der Waals surface area contributed by atoms with Crippen LogP contribution in [0.25, 0.3) is 0 Å². The van der Waals surface area contributed by atoms with Crippen molar-refractivity contribution in [2.24, 2.45) is 5.92 Å². The molecule has 1 atom stereocenters. The van der Waals surface area contributed by atoms with Crippen molar-refractivity contribution in [2.45, 2.75) is 44.4 Å². The van der Waals surface area contributed by atoms with E-state index < -0.39 is 11.2 Å². The molecule has 8 nitrogen and oxygen atoms in total. The molecule has 3 rings (SSSR count). The van der Waals surface area contributed by atoms with E-state index in [9.17, 15) is 19.5 Å². The predicted molar refractivity (Wildman–Crippen MR) is 94.5 cm³/mol. The topological polar surface area (TPSA) is 117 Å². The molecule has 1 fully saturated rings. The molecule has 8 heteroatoms. The molecule has 1 aliphatic rings. The first kappa shape index (κ1) is 18.1. The van der Waals surface area contributed by atoms with Gasteiger partial charge in [0.1, 0.15) is 0 Å². The number of aromatic amines is 1. The number of carbonyl (C=O) groups is 1. The molecule has 1 saturated carbocycles. The molecular weight excluding hydrogens is 336 g/mol. The highest BCUT2D eigenvalue weighted by atomic mass is 16.3. The van der Waals surface area contributed by atoms with E-state index in [-0.39, 0.29) is 36.9 Å². The molecule has 2 aromatic heterocycles. The van der Waals surface area contributed by atoms with Gasteiger partial charge in [-0.1, -0.05) is 0 Å². The Morgan fingerprint density at radius 1 is 1.31 bits per heavy atom. The fourth-order valence-electron chi connectivity index (χ4n) is 3.19. The number of carbonyl (C=O) groups excluding carboxylic acids is 1. The number of nitrogens with one attached hydrogen (secondary N) is 2. The molecule has 1 unspecified atom stereocenters. The van der Waals surface area contributed by atoms with Crippen LogP contribution in [0, 0.1) is 5.92 Å². The zero-order valence-corrected chi connectivity index (χ0v) is 14.3. The minimum Gasteiger partial charge on any atom is -0.393 e. The van der Waals surface area contributed by atoms with Crippen molar-refractivity contribution in [2.75, 3.05) is 0 Å². The maximum Gasteiger partial charge on any atom is 0.328 e. The lowest BCUT2D eigenvalue weighted by molar-refractivity contribution is -0.123. The number of aryl methyl sites for hydroxylation is 1. The molecule has 0 bridgehead atoms. The van der Waals surface area contributed by atoms with E-state index in [1.807, 2.05) is 12.1 Å². The van der Waals surface area contributed by atoms with Gasteiger partial charge < -0.3 is 15.0 Å². The molecule has 0 spiro atoms. The van der Waals surface area contributed by atoms with Crippen LogP contribution in [0.2, 0.25) is 0 Å². The zero-order valence-electron chi connectivity index (χ0n) is 14.3. The second-order valence-corrected chi connectivity index (χ2v) is 6.67. The van der Waals surface area contributed by atoms with Crippen LogP contribution in [-0.4, -0.2) is 37.7 Å². The number of aromatic nitrogens is 3. The SMILES string of the molecule is O=C(CCn1ccc(=O)[nH]c1=O)NC(Cc1ccncc1)C1CC(O)C1. The Morgan fingerprint density at radius 2 is 2.04 bits per heavy atom.